The minimum Gasteiger partial charge on any atom is -0.493 e. The predicted molar refractivity (Wildman–Crippen MR) is 150 cm³/mol. The zero-order chi connectivity index (χ0) is 29.1. The zero-order valence-corrected chi connectivity index (χ0v) is 23.6. The van der Waals surface area contributed by atoms with Gasteiger partial charge in [0.05, 0.1) is 44.0 Å². The topological polar surface area (TPSA) is 129 Å². The number of tetrazole rings is 1. The number of carbonyl (C=O) groups excluding carboxylic acids is 2. The minimum absolute atomic E-state index is 0.0536. The number of halogens is 1. The predicted octanol–water partition coefficient (Wildman–Crippen LogP) is 4.69. The van der Waals surface area contributed by atoms with Gasteiger partial charge in [-0.25, -0.2) is 4.79 Å². The molecule has 0 fully saturated rings. The van der Waals surface area contributed by atoms with Crippen molar-refractivity contribution < 1.29 is 28.5 Å². The molecule has 12 heteroatoms. The number of methoxy groups -OCH3 is 2. The number of hydrogen-bond acceptors (Lipinski definition) is 9. The second-order valence-corrected chi connectivity index (χ2v) is 9.99. The summed E-state index contributed by atoms with van der Waals surface area (Å²) in [6.07, 6.45) is -0.00546. The van der Waals surface area contributed by atoms with Crippen molar-refractivity contribution in [3.8, 4) is 17.2 Å². The first-order chi connectivity index (χ1) is 19.8. The van der Waals surface area contributed by atoms with Gasteiger partial charge in [-0.05, 0) is 73.0 Å². The van der Waals surface area contributed by atoms with Gasteiger partial charge in [0.15, 0.2) is 18.1 Å². The Kier molecular flexibility index (Phi) is 8.06. The lowest BCUT2D eigenvalue weighted by molar-refractivity contribution is -0.118. The number of aromatic nitrogens is 4. The molecule has 11 nitrogen and oxygen atoms in total. The number of benzene rings is 3. The van der Waals surface area contributed by atoms with E-state index in [-0.39, 0.29) is 36.4 Å². The summed E-state index contributed by atoms with van der Waals surface area (Å²) in [5.74, 6) is 0.928. The van der Waals surface area contributed by atoms with Gasteiger partial charge in [0.2, 0.25) is 11.7 Å². The molecule has 0 aliphatic carbocycles. The van der Waals surface area contributed by atoms with E-state index in [2.05, 4.69) is 20.6 Å². The van der Waals surface area contributed by atoms with Gasteiger partial charge in [-0.3, -0.25) is 9.69 Å². The van der Waals surface area contributed by atoms with Crippen LogP contribution in [0.4, 0.5) is 5.69 Å². The van der Waals surface area contributed by atoms with Crippen molar-refractivity contribution in [3.05, 3.63) is 87.7 Å². The molecule has 4 aromatic rings. The van der Waals surface area contributed by atoms with Crippen molar-refractivity contribution in [3.63, 3.8) is 0 Å². The fourth-order valence-corrected chi connectivity index (χ4v) is 4.89. The van der Waals surface area contributed by atoms with Crippen LogP contribution in [0.25, 0.3) is 0 Å². The van der Waals surface area contributed by atoms with Gasteiger partial charge in [-0.1, -0.05) is 28.9 Å². The van der Waals surface area contributed by atoms with Crippen LogP contribution in [0.15, 0.2) is 54.6 Å². The summed E-state index contributed by atoms with van der Waals surface area (Å²) in [7, 11) is 2.86. The Labute approximate surface area is 241 Å². The number of H-pyrrole nitrogens is 1. The van der Waals surface area contributed by atoms with Crippen molar-refractivity contribution in [2.24, 2.45) is 0 Å². The molecule has 3 aromatic carbocycles. The summed E-state index contributed by atoms with van der Waals surface area (Å²) in [4.78, 5) is 28.0. The maximum absolute atomic E-state index is 14.0. The Bertz CT molecular complexity index is 1560. The summed E-state index contributed by atoms with van der Waals surface area (Å²) in [5, 5.41) is 14.4. The van der Waals surface area contributed by atoms with Crippen molar-refractivity contribution in [1.29, 1.82) is 0 Å². The molecule has 41 heavy (non-hydrogen) atoms. The van der Waals surface area contributed by atoms with E-state index in [0.29, 0.717) is 28.0 Å². The molecule has 2 heterocycles. The molecule has 212 valence electrons. The molecule has 1 N–H and O–H groups in total. The first-order valence-corrected chi connectivity index (χ1v) is 13.2. The van der Waals surface area contributed by atoms with E-state index >= 15 is 0 Å². The van der Waals surface area contributed by atoms with Gasteiger partial charge in [0.1, 0.15) is 5.75 Å². The summed E-state index contributed by atoms with van der Waals surface area (Å²) in [6.45, 7) is 3.81. The van der Waals surface area contributed by atoms with Crippen molar-refractivity contribution in [2.75, 3.05) is 19.1 Å². The first kappa shape index (κ1) is 27.9. The lowest BCUT2D eigenvalue weighted by atomic mass is 9.86. The summed E-state index contributed by atoms with van der Waals surface area (Å²) >= 11 is 6.23. The van der Waals surface area contributed by atoms with Crippen LogP contribution >= 0.6 is 11.6 Å². The maximum Gasteiger partial charge on any atom is 0.337 e. The molecule has 5 rings (SSSR count). The third-order valence-electron chi connectivity index (χ3n) is 6.52. The summed E-state index contributed by atoms with van der Waals surface area (Å²) in [5.41, 5.74) is 3.16. The lowest BCUT2D eigenvalue weighted by Gasteiger charge is -2.39. The number of nitrogens with zero attached hydrogens (tertiary/aromatic N) is 4. The third kappa shape index (κ3) is 5.80. The van der Waals surface area contributed by atoms with E-state index in [1.165, 1.54) is 13.2 Å². The number of anilines is 1. The molecule has 1 unspecified atom stereocenters. The molecular formula is C29H28ClN5O6. The number of aromatic amines is 1. The van der Waals surface area contributed by atoms with E-state index in [0.717, 1.165) is 16.7 Å². The Hall–Kier alpha value is -4.64. The highest BCUT2D eigenvalue weighted by atomic mass is 35.5. The SMILES string of the molecule is COC(=O)c1ccc(N2C(=O)Cc3cc(OC)c(OC(C)C)cc3C2c2ccc(Cl)cc2)c(OCc2nn[nH]n2)c1. The highest BCUT2D eigenvalue weighted by molar-refractivity contribution is 6.30. The van der Waals surface area contributed by atoms with E-state index in [1.807, 2.05) is 38.1 Å². The number of hydrogen-bond donors (Lipinski definition) is 1. The van der Waals surface area contributed by atoms with Crippen LogP contribution < -0.4 is 19.1 Å². The molecule has 0 radical (unpaired) electrons. The highest BCUT2D eigenvalue weighted by Crippen LogP contribution is 2.46. The number of fused-ring (bicyclic) bond motifs is 1. The number of ether oxygens (including phenoxy) is 4. The second-order valence-electron chi connectivity index (χ2n) is 9.55. The van der Waals surface area contributed by atoms with Gasteiger partial charge in [-0.2, -0.15) is 5.21 Å². The van der Waals surface area contributed by atoms with Crippen LogP contribution in [-0.4, -0.2) is 52.8 Å². The van der Waals surface area contributed by atoms with Crippen LogP contribution in [0.5, 0.6) is 17.2 Å². The quantitative estimate of drug-likeness (QED) is 0.282. The van der Waals surface area contributed by atoms with Gasteiger partial charge in [0.25, 0.3) is 0 Å². The average Bonchev–Trinajstić information content (AvgIpc) is 3.49. The number of rotatable bonds is 9. The van der Waals surface area contributed by atoms with Gasteiger partial charge in [-0.15, -0.1) is 10.2 Å². The average molecular weight is 578 g/mol. The van der Waals surface area contributed by atoms with Crippen molar-refractivity contribution in [1.82, 2.24) is 20.6 Å². The molecule has 1 aliphatic heterocycles. The van der Waals surface area contributed by atoms with Gasteiger partial charge in [0, 0.05) is 5.02 Å². The summed E-state index contributed by atoms with van der Waals surface area (Å²) < 4.78 is 22.7. The Morgan fingerprint density at radius 1 is 1.07 bits per heavy atom. The molecule has 1 atom stereocenters. The molecule has 0 bridgehead atoms. The van der Waals surface area contributed by atoms with Crippen LogP contribution in [0.2, 0.25) is 5.02 Å². The van der Waals surface area contributed by atoms with Crippen LogP contribution in [0.1, 0.15) is 52.8 Å². The summed E-state index contributed by atoms with van der Waals surface area (Å²) in [6, 6.07) is 15.3. The Morgan fingerprint density at radius 2 is 1.85 bits per heavy atom. The number of esters is 1. The monoisotopic (exact) mass is 577 g/mol. The molecule has 0 saturated carbocycles. The first-order valence-electron chi connectivity index (χ1n) is 12.8. The van der Waals surface area contributed by atoms with Crippen molar-refractivity contribution in [2.45, 2.75) is 39.0 Å². The van der Waals surface area contributed by atoms with E-state index in [4.69, 9.17) is 30.5 Å². The van der Waals surface area contributed by atoms with Gasteiger partial charge >= 0.3 is 5.97 Å². The smallest absolute Gasteiger partial charge is 0.337 e. The fourth-order valence-electron chi connectivity index (χ4n) is 4.77. The fraction of sp³-hybridized carbons (Fsp3) is 0.276. The Balaban J connectivity index is 1.68. The molecule has 0 saturated heterocycles. The number of amides is 1. The lowest BCUT2D eigenvalue weighted by Crippen LogP contribution is -2.41. The number of nitrogens with one attached hydrogen (secondary N) is 1. The molecular weight excluding hydrogens is 550 g/mol. The highest BCUT2D eigenvalue weighted by Gasteiger charge is 2.37. The molecule has 1 amide bonds. The van der Waals surface area contributed by atoms with E-state index < -0.39 is 12.0 Å². The van der Waals surface area contributed by atoms with Crippen LogP contribution in [0, 0.1) is 0 Å². The van der Waals surface area contributed by atoms with Crippen molar-refractivity contribution >= 4 is 29.2 Å². The molecule has 1 aromatic heterocycles. The van der Waals surface area contributed by atoms with E-state index in [1.54, 1.807) is 36.3 Å². The largest absolute Gasteiger partial charge is 0.493 e. The zero-order valence-electron chi connectivity index (χ0n) is 22.9. The van der Waals surface area contributed by atoms with Gasteiger partial charge < -0.3 is 18.9 Å². The number of carbonyl (C=O) groups is 2. The third-order valence-corrected chi connectivity index (χ3v) is 6.78. The van der Waals surface area contributed by atoms with Crippen LogP contribution in [-0.2, 0) is 22.6 Å². The molecule has 0 spiro atoms. The Morgan fingerprint density at radius 3 is 2.51 bits per heavy atom. The standard InChI is InChI=1S/C29H28ClN5O6/c1-16(2)41-25-14-21-19(12-24(25)38-3)13-27(36)35(28(21)17-5-8-20(30)9-6-17)22-10-7-18(29(37)39-4)11-23(22)40-15-26-31-33-34-32-26/h5-12,14,16,28H,13,15H2,1-4H3,(H,31,32,33,34). The second kappa shape index (κ2) is 11.8. The van der Waals surface area contributed by atoms with Crippen LogP contribution in [0.3, 0.4) is 0 Å². The minimum atomic E-state index is -0.583. The normalized spacial score (nSPS) is 14.5. The maximum atomic E-state index is 14.0. The van der Waals surface area contributed by atoms with E-state index in [9.17, 15) is 9.59 Å². The molecule has 1 aliphatic rings.